The Kier molecular flexibility index (Phi) is 8.83. The van der Waals surface area contributed by atoms with Gasteiger partial charge in [-0.05, 0) is 61.2 Å². The first-order valence-corrected chi connectivity index (χ1v) is 11.4. The van der Waals surface area contributed by atoms with Gasteiger partial charge in [-0.15, -0.1) is 23.5 Å². The third-order valence-corrected chi connectivity index (χ3v) is 9.76. The summed E-state index contributed by atoms with van der Waals surface area (Å²) in [6.07, 6.45) is 8.18. The van der Waals surface area contributed by atoms with E-state index >= 15 is 0 Å². The van der Waals surface area contributed by atoms with Crippen molar-refractivity contribution in [2.75, 3.05) is 17.3 Å². The van der Waals surface area contributed by atoms with Crippen LogP contribution in [0.1, 0.15) is 73.1 Å². The molecule has 0 aromatic rings. The topological polar surface area (TPSA) is 0 Å². The summed E-state index contributed by atoms with van der Waals surface area (Å²) in [7, 11) is 0. The van der Waals surface area contributed by atoms with Crippen LogP contribution in [0.4, 0.5) is 0 Å². The Morgan fingerprint density at radius 1 is 0.850 bits per heavy atom. The highest BCUT2D eigenvalue weighted by Gasteiger charge is 2.45. The molecule has 1 aliphatic carbocycles. The molecule has 20 heavy (non-hydrogen) atoms. The highest BCUT2D eigenvalue weighted by atomic mass is 32.2. The maximum Gasteiger partial charge on any atom is 0.0622 e. The van der Waals surface area contributed by atoms with Gasteiger partial charge in [0.25, 0.3) is 0 Å². The van der Waals surface area contributed by atoms with E-state index in [9.17, 15) is 0 Å². The van der Waals surface area contributed by atoms with E-state index < -0.39 is 0 Å². The molecule has 3 heteroatoms. The second kappa shape index (κ2) is 9.25. The molecule has 1 aliphatic rings. The Balaban J connectivity index is 2.73. The molecule has 1 fully saturated rings. The smallest absolute Gasteiger partial charge is 0.0622 e. The molecule has 0 amide bonds. The summed E-state index contributed by atoms with van der Waals surface area (Å²) in [6, 6.07) is 0. The SMILES string of the molecule is CCCSC1CC(SCCC)(SCCC)CCC1(C)C. The van der Waals surface area contributed by atoms with Crippen molar-refractivity contribution >= 4 is 35.3 Å². The second-order valence-electron chi connectivity index (χ2n) is 6.66. The fraction of sp³-hybridized carbons (Fsp3) is 1.00. The molecular weight excluding hydrogens is 300 g/mol. The van der Waals surface area contributed by atoms with E-state index in [2.05, 4.69) is 69.9 Å². The maximum absolute atomic E-state index is 2.50. The Bertz CT molecular complexity index is 255. The van der Waals surface area contributed by atoms with Crippen molar-refractivity contribution in [2.45, 2.75) is 82.5 Å². The first kappa shape index (κ1) is 19.1. The highest BCUT2D eigenvalue weighted by Crippen LogP contribution is 2.56. The van der Waals surface area contributed by atoms with Crippen LogP contribution < -0.4 is 0 Å². The quantitative estimate of drug-likeness (QED) is 0.431. The lowest BCUT2D eigenvalue weighted by atomic mass is 9.76. The first-order chi connectivity index (χ1) is 9.49. The third-order valence-electron chi connectivity index (χ3n) is 4.18. The molecule has 0 aliphatic heterocycles. The van der Waals surface area contributed by atoms with Crippen LogP contribution in [0.2, 0.25) is 0 Å². The van der Waals surface area contributed by atoms with Crippen molar-refractivity contribution in [3.05, 3.63) is 0 Å². The molecular formula is C17H34S3. The van der Waals surface area contributed by atoms with Gasteiger partial charge >= 0.3 is 0 Å². The number of hydrogen-bond donors (Lipinski definition) is 0. The van der Waals surface area contributed by atoms with Crippen molar-refractivity contribution < 1.29 is 0 Å². The molecule has 1 saturated carbocycles. The molecule has 1 unspecified atom stereocenters. The zero-order valence-corrected chi connectivity index (χ0v) is 16.6. The molecule has 0 saturated heterocycles. The summed E-state index contributed by atoms with van der Waals surface area (Å²) in [5, 5.41) is 0.852. The normalized spacial score (nSPS) is 24.8. The van der Waals surface area contributed by atoms with Crippen molar-refractivity contribution in [3.8, 4) is 0 Å². The summed E-state index contributed by atoms with van der Waals surface area (Å²) in [5.74, 6) is 4.01. The lowest BCUT2D eigenvalue weighted by Gasteiger charge is -2.48. The minimum absolute atomic E-state index is 0.521. The van der Waals surface area contributed by atoms with Gasteiger partial charge in [-0.25, -0.2) is 0 Å². The summed E-state index contributed by atoms with van der Waals surface area (Å²) in [4.78, 5) is 0. The van der Waals surface area contributed by atoms with Crippen molar-refractivity contribution in [3.63, 3.8) is 0 Å². The van der Waals surface area contributed by atoms with E-state index in [4.69, 9.17) is 0 Å². The Labute approximate surface area is 140 Å². The van der Waals surface area contributed by atoms with Gasteiger partial charge in [-0.2, -0.15) is 11.8 Å². The van der Waals surface area contributed by atoms with Crippen LogP contribution in [0.3, 0.4) is 0 Å². The molecule has 1 atom stereocenters. The molecule has 0 N–H and O–H groups in total. The predicted octanol–water partition coefficient (Wildman–Crippen LogP) is 6.69. The van der Waals surface area contributed by atoms with Crippen LogP contribution in [0, 0.1) is 5.41 Å². The molecule has 0 heterocycles. The van der Waals surface area contributed by atoms with E-state index in [1.54, 1.807) is 0 Å². The summed E-state index contributed by atoms with van der Waals surface area (Å²) in [6.45, 7) is 12.0. The third kappa shape index (κ3) is 5.68. The molecule has 0 spiro atoms. The van der Waals surface area contributed by atoms with Gasteiger partial charge in [-0.3, -0.25) is 0 Å². The maximum atomic E-state index is 2.50. The van der Waals surface area contributed by atoms with Crippen LogP contribution in [-0.4, -0.2) is 26.6 Å². The molecule has 1 rings (SSSR count). The van der Waals surface area contributed by atoms with Gasteiger partial charge in [0, 0.05) is 5.25 Å². The number of thioether (sulfide) groups is 3. The molecule has 0 nitrogen and oxygen atoms in total. The van der Waals surface area contributed by atoms with Crippen LogP contribution in [0.25, 0.3) is 0 Å². The zero-order valence-electron chi connectivity index (χ0n) is 14.2. The Morgan fingerprint density at radius 3 is 1.90 bits per heavy atom. The van der Waals surface area contributed by atoms with E-state index in [1.165, 1.54) is 55.8 Å². The lowest BCUT2D eigenvalue weighted by Crippen LogP contribution is -2.41. The van der Waals surface area contributed by atoms with Crippen LogP contribution >= 0.6 is 35.3 Å². The van der Waals surface area contributed by atoms with E-state index in [0.717, 1.165) is 5.25 Å². The van der Waals surface area contributed by atoms with Crippen LogP contribution in [0.5, 0.6) is 0 Å². The van der Waals surface area contributed by atoms with Gasteiger partial charge in [-0.1, -0.05) is 34.6 Å². The van der Waals surface area contributed by atoms with Gasteiger partial charge in [0.15, 0.2) is 0 Å². The van der Waals surface area contributed by atoms with E-state index in [0.29, 0.717) is 9.49 Å². The van der Waals surface area contributed by atoms with E-state index in [-0.39, 0.29) is 0 Å². The van der Waals surface area contributed by atoms with E-state index in [1.807, 2.05) is 0 Å². The average Bonchev–Trinajstić information content (AvgIpc) is 2.44. The van der Waals surface area contributed by atoms with Crippen LogP contribution in [0.15, 0.2) is 0 Å². The zero-order chi connectivity index (χ0) is 15.1. The number of hydrogen-bond acceptors (Lipinski definition) is 3. The monoisotopic (exact) mass is 334 g/mol. The predicted molar refractivity (Wildman–Crippen MR) is 102 cm³/mol. The molecule has 0 aromatic carbocycles. The minimum atomic E-state index is 0.521. The van der Waals surface area contributed by atoms with Crippen molar-refractivity contribution in [1.82, 2.24) is 0 Å². The summed E-state index contributed by atoms with van der Waals surface area (Å²) >= 11 is 6.79. The van der Waals surface area contributed by atoms with Gasteiger partial charge in [0.1, 0.15) is 0 Å². The van der Waals surface area contributed by atoms with Gasteiger partial charge < -0.3 is 0 Å². The van der Waals surface area contributed by atoms with Gasteiger partial charge in [0.05, 0.1) is 4.08 Å². The second-order valence-corrected chi connectivity index (χ2v) is 11.2. The molecule has 0 radical (unpaired) electrons. The van der Waals surface area contributed by atoms with Crippen molar-refractivity contribution in [1.29, 1.82) is 0 Å². The lowest BCUT2D eigenvalue weighted by molar-refractivity contribution is 0.252. The molecule has 0 aromatic heterocycles. The molecule has 0 bridgehead atoms. The first-order valence-electron chi connectivity index (χ1n) is 8.39. The fourth-order valence-corrected chi connectivity index (χ4v) is 7.51. The highest BCUT2D eigenvalue weighted by molar-refractivity contribution is 8.18. The van der Waals surface area contributed by atoms with Gasteiger partial charge in [0.2, 0.25) is 0 Å². The van der Waals surface area contributed by atoms with Crippen LogP contribution in [-0.2, 0) is 0 Å². The molecule has 120 valence electrons. The van der Waals surface area contributed by atoms with Crippen molar-refractivity contribution in [2.24, 2.45) is 5.41 Å². The standard InChI is InChI=1S/C17H34S3/c1-6-11-18-15-14-17(19-12-7-2,20-13-8-3)10-9-16(15,4)5/h15H,6-14H2,1-5H3. The number of rotatable bonds is 9. The largest absolute Gasteiger partial charge is 0.158 e. The summed E-state index contributed by atoms with van der Waals surface area (Å²) < 4.78 is 0.521. The Hall–Kier alpha value is 1.05. The summed E-state index contributed by atoms with van der Waals surface area (Å²) in [5.41, 5.74) is 0.531. The average molecular weight is 335 g/mol. The Morgan fingerprint density at radius 2 is 1.40 bits per heavy atom. The minimum Gasteiger partial charge on any atom is -0.158 e. The fourth-order valence-electron chi connectivity index (χ4n) is 2.76.